The molecule has 3 heteroatoms. The molecule has 1 saturated heterocycles. The van der Waals surface area contributed by atoms with E-state index in [1.165, 1.54) is 24.3 Å². The summed E-state index contributed by atoms with van der Waals surface area (Å²) < 4.78 is 0. The molecule has 1 aliphatic heterocycles. The molecule has 0 aromatic carbocycles. The summed E-state index contributed by atoms with van der Waals surface area (Å²) in [6.07, 6.45) is 2.71. The van der Waals surface area contributed by atoms with E-state index in [1.807, 2.05) is 0 Å². The van der Waals surface area contributed by atoms with Crippen LogP contribution in [0.2, 0.25) is 0 Å². The minimum absolute atomic E-state index is 0.183. The van der Waals surface area contributed by atoms with Gasteiger partial charge in [0, 0.05) is 5.88 Å². The Bertz CT molecular complexity index is 87.6. The molecule has 62 valence electrons. The zero-order valence-corrected chi connectivity index (χ0v) is 7.32. The molecule has 2 nitrogen and oxygen atoms in total. The second-order valence-electron chi connectivity index (χ2n) is 3.00. The van der Waals surface area contributed by atoms with Crippen LogP contribution in [-0.2, 0) is 0 Å². The van der Waals surface area contributed by atoms with E-state index in [1.54, 1.807) is 0 Å². The number of hydrogen-bond donors (Lipinski definition) is 3. The molecular formula is C7H18N2S. The molecule has 0 aromatic rings. The first kappa shape index (κ1) is 8.37. The minimum Gasteiger partial charge on any atom is -0.330 e. The van der Waals surface area contributed by atoms with Crippen molar-refractivity contribution < 1.29 is 0 Å². The lowest BCUT2D eigenvalue weighted by molar-refractivity contribution is 0.531. The van der Waals surface area contributed by atoms with Gasteiger partial charge in [-0.05, 0) is 36.8 Å². The van der Waals surface area contributed by atoms with Gasteiger partial charge in [-0.25, -0.2) is 10.9 Å². The van der Waals surface area contributed by atoms with E-state index in [0.717, 1.165) is 18.3 Å². The molecule has 0 saturated carbocycles. The Morgan fingerprint density at radius 2 is 2.20 bits per heavy atom. The number of hydrogen-bond acceptors (Lipinski definition) is 2. The Kier molecular flexibility index (Phi) is 3.52. The van der Waals surface area contributed by atoms with E-state index in [-0.39, 0.29) is 10.9 Å². The summed E-state index contributed by atoms with van der Waals surface area (Å²) in [5.41, 5.74) is 11.2. The monoisotopic (exact) mass is 162 g/mol. The van der Waals surface area contributed by atoms with Crippen LogP contribution >= 0.6 is 10.9 Å². The van der Waals surface area contributed by atoms with Crippen LogP contribution in [0.4, 0.5) is 0 Å². The molecule has 1 fully saturated rings. The molecule has 2 unspecified atom stereocenters. The lowest BCUT2D eigenvalue weighted by atomic mass is 10.1. The molecule has 0 amide bonds. The first-order valence-electron chi connectivity index (χ1n) is 3.99. The Labute approximate surface area is 65.7 Å². The van der Waals surface area contributed by atoms with Crippen molar-refractivity contribution in [3.8, 4) is 0 Å². The van der Waals surface area contributed by atoms with Crippen LogP contribution in [0.3, 0.4) is 0 Å². The highest BCUT2D eigenvalue weighted by Crippen LogP contribution is 2.33. The molecular weight excluding hydrogens is 144 g/mol. The van der Waals surface area contributed by atoms with Crippen LogP contribution < -0.4 is 11.5 Å². The molecule has 0 bridgehead atoms. The topological polar surface area (TPSA) is 52.0 Å². The molecule has 0 radical (unpaired) electrons. The summed E-state index contributed by atoms with van der Waals surface area (Å²) in [7, 11) is 0.183. The van der Waals surface area contributed by atoms with Crippen molar-refractivity contribution in [3.05, 3.63) is 0 Å². The van der Waals surface area contributed by atoms with Gasteiger partial charge in [0.2, 0.25) is 0 Å². The standard InChI is InChI=1S/C7H18N2S/c8-4-7-2-1-3-10(5-7)6-9/h7,10H,1-6,8-9H2. The van der Waals surface area contributed by atoms with Crippen LogP contribution in [0.5, 0.6) is 0 Å². The fraction of sp³-hybridized carbons (Fsp3) is 1.00. The molecule has 0 spiro atoms. The molecule has 0 aromatic heterocycles. The highest BCUT2D eigenvalue weighted by Gasteiger charge is 2.16. The molecule has 1 aliphatic rings. The molecule has 2 atom stereocenters. The van der Waals surface area contributed by atoms with E-state index in [9.17, 15) is 0 Å². The summed E-state index contributed by atoms with van der Waals surface area (Å²) >= 11 is 0. The van der Waals surface area contributed by atoms with Crippen molar-refractivity contribution >= 4 is 10.9 Å². The van der Waals surface area contributed by atoms with E-state index in [4.69, 9.17) is 11.5 Å². The summed E-state index contributed by atoms with van der Waals surface area (Å²) in [4.78, 5) is 0. The van der Waals surface area contributed by atoms with Gasteiger partial charge in [-0.2, -0.15) is 0 Å². The zero-order valence-electron chi connectivity index (χ0n) is 6.42. The number of rotatable bonds is 2. The fourth-order valence-electron chi connectivity index (χ4n) is 1.51. The van der Waals surface area contributed by atoms with Gasteiger partial charge in [-0.15, -0.1) is 0 Å². The average molecular weight is 162 g/mol. The lowest BCUT2D eigenvalue weighted by Crippen LogP contribution is -2.25. The van der Waals surface area contributed by atoms with Crippen LogP contribution in [-0.4, -0.2) is 23.9 Å². The second kappa shape index (κ2) is 4.21. The molecule has 1 rings (SSSR count). The minimum atomic E-state index is 0.183. The van der Waals surface area contributed by atoms with Gasteiger partial charge in [-0.3, -0.25) is 0 Å². The van der Waals surface area contributed by atoms with Crippen LogP contribution in [0.25, 0.3) is 0 Å². The third kappa shape index (κ3) is 2.15. The van der Waals surface area contributed by atoms with Gasteiger partial charge >= 0.3 is 0 Å². The van der Waals surface area contributed by atoms with Crippen LogP contribution in [0.1, 0.15) is 12.8 Å². The molecule has 10 heavy (non-hydrogen) atoms. The van der Waals surface area contributed by atoms with Crippen molar-refractivity contribution in [2.75, 3.05) is 23.9 Å². The number of thiol groups is 1. The normalized spacial score (nSPS) is 37.8. The highest BCUT2D eigenvalue weighted by molar-refractivity contribution is 8.17. The number of nitrogens with two attached hydrogens (primary N) is 2. The highest BCUT2D eigenvalue weighted by atomic mass is 32.2. The summed E-state index contributed by atoms with van der Waals surface area (Å²) in [6, 6.07) is 0. The maximum atomic E-state index is 5.61. The first-order chi connectivity index (χ1) is 4.86. The van der Waals surface area contributed by atoms with E-state index < -0.39 is 0 Å². The predicted molar refractivity (Wildman–Crippen MR) is 49.6 cm³/mol. The molecule has 0 aliphatic carbocycles. The lowest BCUT2D eigenvalue weighted by Gasteiger charge is -2.30. The van der Waals surface area contributed by atoms with Gasteiger partial charge in [0.25, 0.3) is 0 Å². The van der Waals surface area contributed by atoms with E-state index in [2.05, 4.69) is 0 Å². The summed E-state index contributed by atoms with van der Waals surface area (Å²) in [6.45, 7) is 0.874. The van der Waals surface area contributed by atoms with Crippen molar-refractivity contribution in [1.29, 1.82) is 0 Å². The average Bonchev–Trinajstić information content (AvgIpc) is 2.05. The Balaban J connectivity index is 2.25. The Morgan fingerprint density at radius 3 is 2.80 bits per heavy atom. The van der Waals surface area contributed by atoms with E-state index in [0.29, 0.717) is 0 Å². The van der Waals surface area contributed by atoms with Gasteiger partial charge < -0.3 is 11.5 Å². The summed E-state index contributed by atoms with van der Waals surface area (Å²) in [5, 5.41) is 0. The second-order valence-corrected chi connectivity index (χ2v) is 5.52. The van der Waals surface area contributed by atoms with Gasteiger partial charge in [0.05, 0.1) is 0 Å². The summed E-state index contributed by atoms with van der Waals surface area (Å²) in [5.74, 6) is 4.44. The first-order valence-corrected chi connectivity index (χ1v) is 5.89. The van der Waals surface area contributed by atoms with E-state index >= 15 is 0 Å². The van der Waals surface area contributed by atoms with Crippen molar-refractivity contribution in [2.24, 2.45) is 17.4 Å². The molecule has 1 heterocycles. The van der Waals surface area contributed by atoms with Gasteiger partial charge in [0.1, 0.15) is 0 Å². The van der Waals surface area contributed by atoms with Crippen LogP contribution in [0.15, 0.2) is 0 Å². The van der Waals surface area contributed by atoms with Gasteiger partial charge in [0.15, 0.2) is 0 Å². The third-order valence-corrected chi connectivity index (χ3v) is 4.69. The predicted octanol–water partition coefficient (Wildman–Crippen LogP) is 0.273. The maximum Gasteiger partial charge on any atom is 0.0211 e. The van der Waals surface area contributed by atoms with Crippen molar-refractivity contribution in [2.45, 2.75) is 12.8 Å². The van der Waals surface area contributed by atoms with Gasteiger partial charge in [-0.1, -0.05) is 0 Å². The zero-order chi connectivity index (χ0) is 7.40. The fourth-order valence-corrected chi connectivity index (χ4v) is 3.72. The van der Waals surface area contributed by atoms with Crippen molar-refractivity contribution in [1.82, 2.24) is 0 Å². The molecule has 4 N–H and O–H groups in total. The largest absolute Gasteiger partial charge is 0.330 e. The quantitative estimate of drug-likeness (QED) is 0.511. The third-order valence-electron chi connectivity index (χ3n) is 2.19. The van der Waals surface area contributed by atoms with Crippen LogP contribution in [0, 0.1) is 5.92 Å². The smallest absolute Gasteiger partial charge is 0.0211 e. The maximum absolute atomic E-state index is 5.61. The SMILES string of the molecule is NCC1CCC[SH](CN)C1. The van der Waals surface area contributed by atoms with Crippen molar-refractivity contribution in [3.63, 3.8) is 0 Å². The Morgan fingerprint density at radius 1 is 1.40 bits per heavy atom. The Hall–Kier alpha value is 0.270.